The van der Waals surface area contributed by atoms with Crippen LogP contribution < -0.4 is 14.8 Å². The Balaban J connectivity index is 2.61. The molecular weight excluding hydrogens is 234 g/mol. The summed E-state index contributed by atoms with van der Waals surface area (Å²) in [6.07, 6.45) is 1.35. The Morgan fingerprint density at radius 1 is 1.28 bits per heavy atom. The summed E-state index contributed by atoms with van der Waals surface area (Å²) < 4.78 is 10.3. The van der Waals surface area contributed by atoms with Crippen molar-refractivity contribution >= 4 is 12.2 Å². The number of nitrogens with one attached hydrogen (secondary N) is 1. The molecular formula is C13H17NO4. The Bertz CT molecular complexity index is 417. The van der Waals surface area contributed by atoms with Crippen LogP contribution in [0.5, 0.6) is 11.5 Å². The van der Waals surface area contributed by atoms with Crippen molar-refractivity contribution < 1.29 is 19.1 Å². The number of carbonyl (C=O) groups is 2. The van der Waals surface area contributed by atoms with Gasteiger partial charge in [-0.05, 0) is 17.7 Å². The highest BCUT2D eigenvalue weighted by atomic mass is 16.5. The molecule has 1 rings (SSSR count). The third-order valence-electron chi connectivity index (χ3n) is 2.40. The van der Waals surface area contributed by atoms with E-state index in [9.17, 15) is 9.59 Å². The van der Waals surface area contributed by atoms with Gasteiger partial charge in [-0.15, -0.1) is 0 Å². The van der Waals surface area contributed by atoms with Crippen LogP contribution in [-0.2, 0) is 16.0 Å². The van der Waals surface area contributed by atoms with E-state index in [4.69, 9.17) is 9.47 Å². The standard InChI is InChI=1S/C13H17NO4/c1-17-11-5-4-10(8-12(11)18-2)9-13(16)14-6-3-7-15/h4-5,7-8H,3,6,9H2,1-2H3,(H,14,16). The van der Waals surface area contributed by atoms with E-state index in [1.54, 1.807) is 32.4 Å². The van der Waals surface area contributed by atoms with Crippen LogP contribution in [0.3, 0.4) is 0 Å². The van der Waals surface area contributed by atoms with Crippen molar-refractivity contribution in [3.63, 3.8) is 0 Å². The van der Waals surface area contributed by atoms with Gasteiger partial charge in [-0.1, -0.05) is 6.07 Å². The first-order valence-electron chi connectivity index (χ1n) is 5.62. The highest BCUT2D eigenvalue weighted by Crippen LogP contribution is 2.27. The highest BCUT2D eigenvalue weighted by molar-refractivity contribution is 5.79. The molecule has 1 N–H and O–H groups in total. The van der Waals surface area contributed by atoms with Crippen LogP contribution in [0.15, 0.2) is 18.2 Å². The van der Waals surface area contributed by atoms with Gasteiger partial charge in [-0.25, -0.2) is 0 Å². The van der Waals surface area contributed by atoms with Crippen molar-refractivity contribution in [2.45, 2.75) is 12.8 Å². The van der Waals surface area contributed by atoms with E-state index in [0.717, 1.165) is 11.8 Å². The third-order valence-corrected chi connectivity index (χ3v) is 2.40. The highest BCUT2D eigenvalue weighted by Gasteiger charge is 2.07. The molecule has 0 aliphatic heterocycles. The predicted molar refractivity (Wildman–Crippen MR) is 66.9 cm³/mol. The van der Waals surface area contributed by atoms with Crippen LogP contribution in [-0.4, -0.2) is 33.0 Å². The van der Waals surface area contributed by atoms with Gasteiger partial charge < -0.3 is 19.6 Å². The summed E-state index contributed by atoms with van der Waals surface area (Å²) in [6, 6.07) is 5.33. The summed E-state index contributed by atoms with van der Waals surface area (Å²) in [6.45, 7) is 0.371. The number of ether oxygens (including phenoxy) is 2. The predicted octanol–water partition coefficient (Wildman–Crippen LogP) is 0.951. The molecule has 1 aromatic rings. The minimum absolute atomic E-state index is 0.121. The fraction of sp³-hybridized carbons (Fsp3) is 0.385. The third kappa shape index (κ3) is 4.08. The molecule has 0 atom stereocenters. The molecule has 5 nitrogen and oxygen atoms in total. The van der Waals surface area contributed by atoms with Gasteiger partial charge in [-0.3, -0.25) is 4.79 Å². The lowest BCUT2D eigenvalue weighted by atomic mass is 10.1. The molecule has 5 heteroatoms. The Kier molecular flexibility index (Phi) is 5.70. The summed E-state index contributed by atoms with van der Waals surface area (Å²) in [5.74, 6) is 1.10. The average molecular weight is 251 g/mol. The van der Waals surface area contributed by atoms with Gasteiger partial charge in [0.2, 0.25) is 5.91 Å². The number of carbonyl (C=O) groups excluding carboxylic acids is 2. The zero-order valence-electron chi connectivity index (χ0n) is 10.6. The van der Waals surface area contributed by atoms with E-state index < -0.39 is 0 Å². The number of hydrogen-bond donors (Lipinski definition) is 1. The Hall–Kier alpha value is -2.04. The molecule has 1 aromatic carbocycles. The average Bonchev–Trinajstić information content (AvgIpc) is 2.39. The fourth-order valence-electron chi connectivity index (χ4n) is 1.51. The molecule has 0 heterocycles. The largest absolute Gasteiger partial charge is 0.493 e. The molecule has 0 aliphatic rings. The maximum absolute atomic E-state index is 11.5. The molecule has 98 valence electrons. The second-order valence-electron chi connectivity index (χ2n) is 3.67. The zero-order valence-corrected chi connectivity index (χ0v) is 10.6. The van der Waals surface area contributed by atoms with Gasteiger partial charge in [0.05, 0.1) is 20.6 Å². The van der Waals surface area contributed by atoms with Gasteiger partial charge in [-0.2, -0.15) is 0 Å². The summed E-state index contributed by atoms with van der Waals surface area (Å²) in [7, 11) is 3.11. The van der Waals surface area contributed by atoms with Crippen LogP contribution in [0, 0.1) is 0 Å². The molecule has 18 heavy (non-hydrogen) atoms. The lowest BCUT2D eigenvalue weighted by molar-refractivity contribution is -0.120. The molecule has 0 bridgehead atoms. The number of rotatable bonds is 7. The molecule has 0 spiro atoms. The summed E-state index contributed by atoms with van der Waals surface area (Å²) in [5, 5.41) is 2.66. The van der Waals surface area contributed by atoms with E-state index in [1.807, 2.05) is 0 Å². The van der Waals surface area contributed by atoms with E-state index in [0.29, 0.717) is 24.5 Å². The van der Waals surface area contributed by atoms with Gasteiger partial charge in [0, 0.05) is 13.0 Å². The summed E-state index contributed by atoms with van der Waals surface area (Å²) in [5.41, 5.74) is 0.830. The molecule has 0 unspecified atom stereocenters. The molecule has 0 saturated heterocycles. The van der Waals surface area contributed by atoms with E-state index in [2.05, 4.69) is 5.32 Å². The molecule has 1 amide bonds. The monoisotopic (exact) mass is 251 g/mol. The number of aldehydes is 1. The number of amides is 1. The molecule has 0 fully saturated rings. The summed E-state index contributed by atoms with van der Waals surface area (Å²) >= 11 is 0. The Morgan fingerprint density at radius 2 is 2.00 bits per heavy atom. The van der Waals surface area contributed by atoms with Gasteiger partial charge in [0.1, 0.15) is 6.29 Å². The molecule has 0 saturated carbocycles. The first-order chi connectivity index (χ1) is 8.71. The van der Waals surface area contributed by atoms with Crippen molar-refractivity contribution in [1.29, 1.82) is 0 Å². The smallest absolute Gasteiger partial charge is 0.224 e. The summed E-state index contributed by atoms with van der Waals surface area (Å²) in [4.78, 5) is 21.7. The number of hydrogen-bond acceptors (Lipinski definition) is 4. The van der Waals surface area contributed by atoms with Crippen LogP contribution in [0.1, 0.15) is 12.0 Å². The van der Waals surface area contributed by atoms with Crippen LogP contribution in [0.2, 0.25) is 0 Å². The van der Waals surface area contributed by atoms with Gasteiger partial charge in [0.15, 0.2) is 11.5 Å². The first-order valence-corrected chi connectivity index (χ1v) is 5.62. The molecule has 0 aliphatic carbocycles. The van der Waals surface area contributed by atoms with E-state index >= 15 is 0 Å². The van der Waals surface area contributed by atoms with Crippen LogP contribution >= 0.6 is 0 Å². The second kappa shape index (κ2) is 7.32. The number of benzene rings is 1. The molecule has 0 aromatic heterocycles. The normalized spacial score (nSPS) is 9.67. The maximum Gasteiger partial charge on any atom is 0.224 e. The number of methoxy groups -OCH3 is 2. The topological polar surface area (TPSA) is 64.6 Å². The van der Waals surface area contributed by atoms with Crippen molar-refractivity contribution in [3.05, 3.63) is 23.8 Å². The lowest BCUT2D eigenvalue weighted by Crippen LogP contribution is -2.26. The Labute approximate surface area is 106 Å². The Morgan fingerprint density at radius 3 is 2.61 bits per heavy atom. The second-order valence-corrected chi connectivity index (χ2v) is 3.67. The van der Waals surface area contributed by atoms with Crippen molar-refractivity contribution in [2.75, 3.05) is 20.8 Å². The zero-order chi connectivity index (χ0) is 13.4. The quantitative estimate of drug-likeness (QED) is 0.579. The van der Waals surface area contributed by atoms with Crippen molar-refractivity contribution in [1.82, 2.24) is 5.32 Å². The van der Waals surface area contributed by atoms with Crippen LogP contribution in [0.25, 0.3) is 0 Å². The first kappa shape index (κ1) is 14.0. The SMILES string of the molecule is COc1ccc(CC(=O)NCCC=O)cc1OC. The van der Waals surface area contributed by atoms with E-state index in [-0.39, 0.29) is 12.3 Å². The van der Waals surface area contributed by atoms with Crippen molar-refractivity contribution in [3.8, 4) is 11.5 Å². The molecule has 0 radical (unpaired) electrons. The van der Waals surface area contributed by atoms with Crippen molar-refractivity contribution in [2.24, 2.45) is 0 Å². The fourth-order valence-corrected chi connectivity index (χ4v) is 1.51. The minimum Gasteiger partial charge on any atom is -0.493 e. The van der Waals surface area contributed by atoms with Gasteiger partial charge in [0.25, 0.3) is 0 Å². The maximum atomic E-state index is 11.5. The van der Waals surface area contributed by atoms with E-state index in [1.165, 1.54) is 0 Å². The van der Waals surface area contributed by atoms with Gasteiger partial charge >= 0.3 is 0 Å². The van der Waals surface area contributed by atoms with Crippen LogP contribution in [0.4, 0.5) is 0 Å². The minimum atomic E-state index is -0.121. The lowest BCUT2D eigenvalue weighted by Gasteiger charge is -2.09.